The van der Waals surface area contributed by atoms with Gasteiger partial charge in [-0.2, -0.15) is 13.2 Å². The molecule has 1 atom stereocenters. The Bertz CT molecular complexity index is 166. The van der Waals surface area contributed by atoms with E-state index in [1.165, 1.54) is 0 Å². The van der Waals surface area contributed by atoms with E-state index in [0.29, 0.717) is 6.92 Å². The number of alkyl halides is 4. The van der Waals surface area contributed by atoms with Gasteiger partial charge in [-0.25, -0.2) is 4.39 Å². The predicted octanol–water partition coefficient (Wildman–Crippen LogP) is 2.29. The lowest BCUT2D eigenvalue weighted by Gasteiger charge is -2.24. The Morgan fingerprint density at radius 3 is 1.82 bits per heavy atom. The Kier molecular flexibility index (Phi) is 2.88. The van der Waals surface area contributed by atoms with E-state index in [4.69, 9.17) is 0 Å². The molecule has 0 fully saturated rings. The second-order valence-corrected chi connectivity index (χ2v) is 2.58. The first-order valence-corrected chi connectivity index (χ1v) is 2.96. The van der Waals surface area contributed by atoms with E-state index in [1.807, 2.05) is 0 Å². The first-order chi connectivity index (χ1) is 4.75. The third-order valence-corrected chi connectivity index (χ3v) is 1.74. The maximum atomic E-state index is 11.8. The largest absolute Gasteiger partial charge is 0.404 e. The lowest BCUT2D eigenvalue weighted by atomic mass is 9.94. The van der Waals surface area contributed by atoms with Gasteiger partial charge in [-0.15, -0.1) is 0 Å². The predicted molar refractivity (Wildman–Crippen MR) is 31.0 cm³/mol. The van der Waals surface area contributed by atoms with Gasteiger partial charge < -0.3 is 0 Å². The molecule has 0 spiro atoms. The smallest absolute Gasteiger partial charge is 0.280 e. The second-order valence-electron chi connectivity index (χ2n) is 2.24. The van der Waals surface area contributed by atoms with Crippen LogP contribution in [0.4, 0.5) is 17.6 Å². The molecule has 0 aromatic heterocycles. The highest BCUT2D eigenvalue weighted by atomic mass is 35.5. The van der Waals surface area contributed by atoms with Crippen molar-refractivity contribution in [2.45, 2.75) is 13.1 Å². The average Bonchev–Trinajstić information content (AvgIpc) is 1.83. The Hall–Kier alpha value is -0.320. The fourth-order valence-corrected chi connectivity index (χ4v) is 0.397. The Morgan fingerprint density at radius 1 is 1.45 bits per heavy atom. The summed E-state index contributed by atoms with van der Waals surface area (Å²) in [6.07, 6.45) is -4.93. The molecule has 0 aromatic rings. The zero-order chi connectivity index (χ0) is 9.28. The van der Waals surface area contributed by atoms with E-state index >= 15 is 0 Å². The molecular formula is C5H5ClF4O. The molecule has 0 heterocycles. The fourth-order valence-electron chi connectivity index (χ4n) is 0.240. The molecule has 1 nitrogen and oxygen atoms in total. The van der Waals surface area contributed by atoms with Crippen LogP contribution in [0.25, 0.3) is 0 Å². The highest BCUT2D eigenvalue weighted by molar-refractivity contribution is 6.64. The number of hydrogen-bond acceptors (Lipinski definition) is 1. The Labute approximate surface area is 65.3 Å². The molecule has 0 saturated heterocycles. The van der Waals surface area contributed by atoms with Crippen LogP contribution in [0.1, 0.15) is 6.92 Å². The third-order valence-electron chi connectivity index (χ3n) is 1.33. The lowest BCUT2D eigenvalue weighted by molar-refractivity contribution is -0.214. The monoisotopic (exact) mass is 192 g/mol. The molecule has 11 heavy (non-hydrogen) atoms. The van der Waals surface area contributed by atoms with Gasteiger partial charge >= 0.3 is 6.18 Å². The number of carbonyl (C=O) groups excluding carboxylic acids is 1. The summed E-state index contributed by atoms with van der Waals surface area (Å²) in [7, 11) is 0. The van der Waals surface area contributed by atoms with Gasteiger partial charge in [-0.05, 0) is 18.5 Å². The molecule has 0 aliphatic carbocycles. The average molecular weight is 193 g/mol. The van der Waals surface area contributed by atoms with Crippen LogP contribution in [0.15, 0.2) is 0 Å². The van der Waals surface area contributed by atoms with Crippen molar-refractivity contribution in [1.29, 1.82) is 0 Å². The minimum absolute atomic E-state index is 0.419. The number of hydrogen-bond donors (Lipinski definition) is 0. The van der Waals surface area contributed by atoms with E-state index in [2.05, 4.69) is 11.6 Å². The first kappa shape index (κ1) is 10.7. The van der Waals surface area contributed by atoms with E-state index in [1.54, 1.807) is 0 Å². The summed E-state index contributed by atoms with van der Waals surface area (Å²) in [5, 5.41) is -1.73. The zero-order valence-electron chi connectivity index (χ0n) is 5.51. The van der Waals surface area contributed by atoms with Gasteiger partial charge in [0, 0.05) is 0 Å². The van der Waals surface area contributed by atoms with Gasteiger partial charge in [-0.3, -0.25) is 4.79 Å². The highest BCUT2D eigenvalue weighted by Gasteiger charge is 2.56. The lowest BCUT2D eigenvalue weighted by Crippen LogP contribution is -2.42. The zero-order valence-corrected chi connectivity index (χ0v) is 6.26. The maximum Gasteiger partial charge on any atom is 0.404 e. The van der Waals surface area contributed by atoms with Crippen molar-refractivity contribution in [2.24, 2.45) is 5.41 Å². The van der Waals surface area contributed by atoms with Crippen molar-refractivity contribution in [3.63, 3.8) is 0 Å². The third kappa shape index (κ3) is 1.83. The molecule has 0 rings (SSSR count). The summed E-state index contributed by atoms with van der Waals surface area (Å²) >= 11 is 4.57. The van der Waals surface area contributed by atoms with E-state index in [-0.39, 0.29) is 0 Å². The Morgan fingerprint density at radius 2 is 1.82 bits per heavy atom. The summed E-state index contributed by atoms with van der Waals surface area (Å²) < 4.78 is 47.2. The van der Waals surface area contributed by atoms with Crippen LogP contribution in [0.3, 0.4) is 0 Å². The van der Waals surface area contributed by atoms with Crippen molar-refractivity contribution >= 4 is 16.8 Å². The molecule has 1 unspecified atom stereocenters. The molecule has 0 amide bonds. The minimum atomic E-state index is -4.93. The van der Waals surface area contributed by atoms with Crippen molar-refractivity contribution in [2.75, 3.05) is 6.67 Å². The van der Waals surface area contributed by atoms with Gasteiger partial charge in [0.2, 0.25) is 5.24 Å². The maximum absolute atomic E-state index is 11.8. The van der Waals surface area contributed by atoms with Gasteiger partial charge in [0.1, 0.15) is 6.67 Å². The van der Waals surface area contributed by atoms with Crippen LogP contribution in [0.2, 0.25) is 0 Å². The van der Waals surface area contributed by atoms with Crippen molar-refractivity contribution in [3.05, 3.63) is 0 Å². The summed E-state index contributed by atoms with van der Waals surface area (Å²) in [5.41, 5.74) is -3.06. The molecular weight excluding hydrogens is 187 g/mol. The number of carbonyl (C=O) groups is 1. The molecule has 0 radical (unpaired) electrons. The van der Waals surface area contributed by atoms with E-state index in [0.717, 1.165) is 0 Å². The van der Waals surface area contributed by atoms with Crippen LogP contribution in [-0.2, 0) is 4.79 Å². The molecule has 0 aliphatic rings. The van der Waals surface area contributed by atoms with Crippen LogP contribution >= 0.6 is 11.6 Å². The molecule has 0 bridgehead atoms. The van der Waals surface area contributed by atoms with Crippen LogP contribution < -0.4 is 0 Å². The van der Waals surface area contributed by atoms with Gasteiger partial charge in [-0.1, -0.05) is 0 Å². The molecule has 6 heteroatoms. The fraction of sp³-hybridized carbons (Fsp3) is 0.800. The van der Waals surface area contributed by atoms with Gasteiger partial charge in [0.25, 0.3) is 0 Å². The molecule has 0 saturated carbocycles. The van der Waals surface area contributed by atoms with Crippen molar-refractivity contribution in [3.8, 4) is 0 Å². The molecule has 66 valence electrons. The summed E-state index contributed by atoms with van der Waals surface area (Å²) in [4.78, 5) is 10.1. The van der Waals surface area contributed by atoms with Gasteiger partial charge in [0.05, 0.1) is 0 Å². The number of halogens is 5. The summed E-state index contributed by atoms with van der Waals surface area (Å²) in [6, 6.07) is 0. The SMILES string of the molecule is CC(CF)(C(=O)Cl)C(F)(F)F. The molecule has 0 aliphatic heterocycles. The molecule has 0 N–H and O–H groups in total. The standard InChI is InChI=1S/C5H5ClF4O/c1-4(2-7,3(6)11)5(8,9)10/h2H2,1H3. The van der Waals surface area contributed by atoms with Crippen LogP contribution in [-0.4, -0.2) is 18.1 Å². The van der Waals surface area contributed by atoms with E-state index in [9.17, 15) is 22.4 Å². The first-order valence-electron chi connectivity index (χ1n) is 2.58. The normalized spacial score (nSPS) is 17.6. The van der Waals surface area contributed by atoms with Crippen LogP contribution in [0, 0.1) is 5.41 Å². The van der Waals surface area contributed by atoms with Gasteiger partial charge in [0.15, 0.2) is 5.41 Å². The summed E-state index contributed by atoms with van der Waals surface area (Å²) in [6.45, 7) is -1.42. The quantitative estimate of drug-likeness (QED) is 0.485. The minimum Gasteiger partial charge on any atom is -0.280 e. The van der Waals surface area contributed by atoms with E-state index < -0.39 is 23.5 Å². The van der Waals surface area contributed by atoms with Crippen molar-refractivity contribution in [1.82, 2.24) is 0 Å². The topological polar surface area (TPSA) is 17.1 Å². The number of rotatable bonds is 2. The Balaban J connectivity index is 4.75. The van der Waals surface area contributed by atoms with Crippen molar-refractivity contribution < 1.29 is 22.4 Å². The second kappa shape index (κ2) is 2.97. The highest BCUT2D eigenvalue weighted by Crippen LogP contribution is 2.40. The molecule has 0 aromatic carbocycles. The summed E-state index contributed by atoms with van der Waals surface area (Å²) in [5.74, 6) is 0. The van der Waals surface area contributed by atoms with Crippen LogP contribution in [0.5, 0.6) is 0 Å².